The predicted octanol–water partition coefficient (Wildman–Crippen LogP) is 4.55. The fourth-order valence-electron chi connectivity index (χ4n) is 2.71. The van der Waals surface area contributed by atoms with E-state index >= 15 is 0 Å². The Labute approximate surface area is 162 Å². The van der Waals surface area contributed by atoms with E-state index in [-0.39, 0.29) is 0 Å². The van der Waals surface area contributed by atoms with Gasteiger partial charge in [0, 0.05) is 16.6 Å². The Balaban J connectivity index is 1.81. The van der Waals surface area contributed by atoms with E-state index < -0.39 is 5.97 Å². The topological polar surface area (TPSA) is 75.4 Å². The van der Waals surface area contributed by atoms with Crippen molar-refractivity contribution in [3.63, 3.8) is 0 Å². The number of thiocarbonyl (C=S) groups is 1. The van der Waals surface area contributed by atoms with Gasteiger partial charge in [0.1, 0.15) is 11.4 Å². The van der Waals surface area contributed by atoms with Crippen LogP contribution in [0, 0.1) is 0 Å². The van der Waals surface area contributed by atoms with Crippen molar-refractivity contribution in [2.75, 3.05) is 23.8 Å². The molecule has 0 atom stereocenters. The molecule has 0 radical (unpaired) electrons. The lowest BCUT2D eigenvalue weighted by atomic mass is 10.2. The number of ether oxygens (including phenoxy) is 2. The molecule has 0 saturated carbocycles. The predicted molar refractivity (Wildman–Crippen MR) is 112 cm³/mol. The minimum Gasteiger partial charge on any atom is -0.494 e. The zero-order chi connectivity index (χ0) is 19.2. The average Bonchev–Trinajstić information content (AvgIpc) is 3.02. The van der Waals surface area contributed by atoms with Crippen molar-refractivity contribution in [1.82, 2.24) is 4.98 Å². The highest BCUT2D eigenvalue weighted by molar-refractivity contribution is 7.80. The molecule has 7 heteroatoms. The number of fused-ring (bicyclic) bond motifs is 1. The minimum absolute atomic E-state index is 0.294. The molecule has 0 spiro atoms. The molecule has 0 aliphatic rings. The molecule has 1 aromatic heterocycles. The molecular formula is C20H21N3O3S. The van der Waals surface area contributed by atoms with Gasteiger partial charge in [-0.25, -0.2) is 4.79 Å². The summed E-state index contributed by atoms with van der Waals surface area (Å²) in [5.41, 5.74) is 2.57. The summed E-state index contributed by atoms with van der Waals surface area (Å²) in [4.78, 5) is 15.4. The molecule has 0 unspecified atom stereocenters. The molecule has 0 bridgehead atoms. The van der Waals surface area contributed by atoms with Crippen LogP contribution < -0.4 is 15.4 Å². The van der Waals surface area contributed by atoms with Gasteiger partial charge in [0.05, 0.1) is 18.9 Å². The highest BCUT2D eigenvalue weighted by Gasteiger charge is 2.19. The molecule has 0 amide bonds. The number of nitrogens with one attached hydrogen (secondary N) is 3. The molecule has 2 aromatic carbocycles. The summed E-state index contributed by atoms with van der Waals surface area (Å²) >= 11 is 5.42. The number of benzene rings is 2. The highest BCUT2D eigenvalue weighted by Crippen LogP contribution is 2.28. The molecule has 3 aromatic rings. The third kappa shape index (κ3) is 4.38. The van der Waals surface area contributed by atoms with Gasteiger partial charge in [0.2, 0.25) is 0 Å². The largest absolute Gasteiger partial charge is 0.494 e. The number of rotatable bonds is 6. The molecular weight excluding hydrogens is 362 g/mol. The smallest absolute Gasteiger partial charge is 0.356 e. The van der Waals surface area contributed by atoms with Crippen molar-refractivity contribution in [2.45, 2.75) is 13.8 Å². The van der Waals surface area contributed by atoms with E-state index in [2.05, 4.69) is 15.6 Å². The fourth-order valence-corrected chi connectivity index (χ4v) is 2.93. The van der Waals surface area contributed by atoms with Crippen molar-refractivity contribution in [1.29, 1.82) is 0 Å². The number of carbonyl (C=O) groups is 1. The van der Waals surface area contributed by atoms with Crippen LogP contribution in [0.25, 0.3) is 10.9 Å². The van der Waals surface area contributed by atoms with Crippen LogP contribution in [0.2, 0.25) is 0 Å². The van der Waals surface area contributed by atoms with Crippen molar-refractivity contribution in [3.8, 4) is 5.75 Å². The van der Waals surface area contributed by atoms with Crippen LogP contribution in [0.5, 0.6) is 5.75 Å². The maximum atomic E-state index is 12.3. The molecule has 140 valence electrons. The van der Waals surface area contributed by atoms with E-state index in [0.29, 0.717) is 29.7 Å². The Kier molecular flexibility index (Phi) is 5.93. The van der Waals surface area contributed by atoms with Gasteiger partial charge in [-0.05, 0) is 56.4 Å². The van der Waals surface area contributed by atoms with Gasteiger partial charge in [-0.15, -0.1) is 0 Å². The zero-order valence-electron chi connectivity index (χ0n) is 15.2. The minimum atomic E-state index is -0.430. The number of anilines is 2. The molecule has 1 heterocycles. The lowest BCUT2D eigenvalue weighted by molar-refractivity contribution is 0.0522. The van der Waals surface area contributed by atoms with E-state index in [4.69, 9.17) is 21.7 Å². The SMILES string of the molecule is CCOC(=O)c1[nH]c2ccccc2c1NC(=S)Nc1ccc(OCC)cc1. The molecule has 0 fully saturated rings. The van der Waals surface area contributed by atoms with E-state index in [1.54, 1.807) is 6.92 Å². The van der Waals surface area contributed by atoms with E-state index in [9.17, 15) is 4.79 Å². The first-order chi connectivity index (χ1) is 13.1. The summed E-state index contributed by atoms with van der Waals surface area (Å²) in [6.07, 6.45) is 0. The first kappa shape index (κ1) is 18.7. The lowest BCUT2D eigenvalue weighted by Crippen LogP contribution is -2.20. The van der Waals surface area contributed by atoms with Crippen molar-refractivity contribution < 1.29 is 14.3 Å². The van der Waals surface area contributed by atoms with Crippen molar-refractivity contribution in [3.05, 3.63) is 54.2 Å². The third-order valence-electron chi connectivity index (χ3n) is 3.85. The molecule has 6 nitrogen and oxygen atoms in total. The van der Waals surface area contributed by atoms with Crippen molar-refractivity contribution >= 4 is 45.6 Å². The first-order valence-corrected chi connectivity index (χ1v) is 9.12. The zero-order valence-corrected chi connectivity index (χ0v) is 16.0. The van der Waals surface area contributed by atoms with E-state index in [1.165, 1.54) is 0 Å². The number of esters is 1. The van der Waals surface area contributed by atoms with Crippen LogP contribution in [0.4, 0.5) is 11.4 Å². The summed E-state index contributed by atoms with van der Waals surface area (Å²) in [5.74, 6) is 0.364. The maximum absolute atomic E-state index is 12.3. The summed E-state index contributed by atoms with van der Waals surface area (Å²) in [5, 5.41) is 7.46. The Morgan fingerprint density at radius 2 is 1.78 bits per heavy atom. The molecule has 3 rings (SSSR count). The van der Waals surface area contributed by atoms with Gasteiger partial charge < -0.3 is 25.1 Å². The summed E-state index contributed by atoms with van der Waals surface area (Å²) in [6, 6.07) is 15.1. The van der Waals surface area contributed by atoms with Gasteiger partial charge in [0.15, 0.2) is 5.11 Å². The van der Waals surface area contributed by atoms with Gasteiger partial charge >= 0.3 is 5.97 Å². The van der Waals surface area contributed by atoms with Crippen LogP contribution in [-0.2, 0) is 4.74 Å². The van der Waals surface area contributed by atoms with Crippen molar-refractivity contribution in [2.24, 2.45) is 0 Å². The summed E-state index contributed by atoms with van der Waals surface area (Å²) < 4.78 is 10.6. The summed E-state index contributed by atoms with van der Waals surface area (Å²) in [6.45, 7) is 4.62. The molecule has 27 heavy (non-hydrogen) atoms. The number of hydrogen-bond donors (Lipinski definition) is 3. The number of aromatic nitrogens is 1. The molecule has 0 aliphatic heterocycles. The van der Waals surface area contributed by atoms with Crippen LogP contribution in [-0.4, -0.2) is 29.3 Å². The summed E-state index contributed by atoms with van der Waals surface area (Å²) in [7, 11) is 0. The van der Waals surface area contributed by atoms with E-state index in [1.807, 2.05) is 55.5 Å². The van der Waals surface area contributed by atoms with Crippen LogP contribution >= 0.6 is 12.2 Å². The highest BCUT2D eigenvalue weighted by atomic mass is 32.1. The Morgan fingerprint density at radius 3 is 2.48 bits per heavy atom. The number of H-pyrrole nitrogens is 1. The number of carbonyl (C=O) groups excluding carboxylic acids is 1. The molecule has 0 aliphatic carbocycles. The number of aromatic amines is 1. The quantitative estimate of drug-likeness (QED) is 0.428. The number of para-hydroxylation sites is 1. The van der Waals surface area contributed by atoms with Gasteiger partial charge in [-0.2, -0.15) is 0 Å². The maximum Gasteiger partial charge on any atom is 0.356 e. The average molecular weight is 383 g/mol. The Bertz CT molecular complexity index is 951. The van der Waals surface area contributed by atoms with Crippen LogP contribution in [0.3, 0.4) is 0 Å². The molecule has 3 N–H and O–H groups in total. The first-order valence-electron chi connectivity index (χ1n) is 8.71. The Morgan fingerprint density at radius 1 is 1.04 bits per heavy atom. The molecule has 0 saturated heterocycles. The van der Waals surface area contributed by atoms with Gasteiger partial charge in [-0.3, -0.25) is 0 Å². The third-order valence-corrected chi connectivity index (χ3v) is 4.05. The number of hydrogen-bond acceptors (Lipinski definition) is 4. The van der Waals surface area contributed by atoms with Crippen LogP contribution in [0.15, 0.2) is 48.5 Å². The van der Waals surface area contributed by atoms with Gasteiger partial charge in [-0.1, -0.05) is 18.2 Å². The Hall–Kier alpha value is -3.06. The van der Waals surface area contributed by atoms with E-state index in [0.717, 1.165) is 22.3 Å². The normalized spacial score (nSPS) is 10.4. The van der Waals surface area contributed by atoms with Crippen LogP contribution in [0.1, 0.15) is 24.3 Å². The lowest BCUT2D eigenvalue weighted by Gasteiger charge is -2.12. The second-order valence-electron chi connectivity index (χ2n) is 5.68. The monoisotopic (exact) mass is 383 g/mol. The fraction of sp³-hybridized carbons (Fsp3) is 0.200. The van der Waals surface area contributed by atoms with Gasteiger partial charge in [0.25, 0.3) is 0 Å². The second-order valence-corrected chi connectivity index (χ2v) is 6.09. The second kappa shape index (κ2) is 8.55. The standard InChI is InChI=1S/C20H21N3O3S/c1-3-25-14-11-9-13(10-12-14)21-20(27)23-17-15-7-5-6-8-16(15)22-18(17)19(24)26-4-2/h5-12,22H,3-4H2,1-2H3,(H2,21,23,27).